The summed E-state index contributed by atoms with van der Waals surface area (Å²) in [7, 11) is 1.73. The van der Waals surface area contributed by atoms with Gasteiger partial charge in [-0.05, 0) is 37.7 Å². The normalized spacial score (nSPS) is 23.9. The van der Waals surface area contributed by atoms with Crippen molar-refractivity contribution >= 4 is 29.9 Å². The van der Waals surface area contributed by atoms with E-state index in [1.807, 2.05) is 0 Å². The number of hydrogen-bond acceptors (Lipinski definition) is 3. The van der Waals surface area contributed by atoms with Crippen molar-refractivity contribution in [1.29, 1.82) is 0 Å². The van der Waals surface area contributed by atoms with E-state index in [2.05, 4.69) is 12.6 Å². The van der Waals surface area contributed by atoms with Gasteiger partial charge in [-0.15, -0.1) is 12.6 Å². The van der Waals surface area contributed by atoms with E-state index >= 15 is 0 Å². The first-order valence-corrected chi connectivity index (χ1v) is 6.59. The molecule has 0 heterocycles. The van der Waals surface area contributed by atoms with Crippen LogP contribution in [0.25, 0.3) is 0 Å². The highest BCUT2D eigenvalue weighted by molar-refractivity contribution is 7.96. The molecule has 5 heteroatoms. The van der Waals surface area contributed by atoms with Crippen molar-refractivity contribution in [3.63, 3.8) is 0 Å². The van der Waals surface area contributed by atoms with Crippen LogP contribution in [0, 0.1) is 11.8 Å². The van der Waals surface area contributed by atoms with E-state index in [1.165, 1.54) is 12.2 Å². The van der Waals surface area contributed by atoms with Gasteiger partial charge in [0.15, 0.2) is 5.12 Å². The Morgan fingerprint density at radius 1 is 1.28 bits per heavy atom. The molecule has 0 atom stereocenters. The van der Waals surface area contributed by atoms with Crippen molar-refractivity contribution in [1.82, 2.24) is 4.90 Å². The van der Waals surface area contributed by atoms with Gasteiger partial charge in [-0.2, -0.15) is 0 Å². The fraction of sp³-hybridized carbons (Fsp3) is 0.615. The summed E-state index contributed by atoms with van der Waals surface area (Å²) in [6.07, 6.45) is 6.69. The first-order valence-electron chi connectivity index (χ1n) is 6.14. The molecule has 1 aliphatic rings. The maximum Gasteiger partial charge on any atom is 0.246 e. The average Bonchev–Trinajstić information content (AvgIpc) is 2.36. The molecule has 18 heavy (non-hydrogen) atoms. The van der Waals surface area contributed by atoms with Crippen molar-refractivity contribution in [2.45, 2.75) is 25.7 Å². The number of hydrogen-bond donors (Lipinski definition) is 1. The van der Waals surface area contributed by atoms with Gasteiger partial charge in [-0.25, -0.2) is 0 Å². The number of likely N-dealkylation sites (N-methyl/N-ethyl adjacent to an activating group) is 1. The van der Waals surface area contributed by atoms with E-state index in [4.69, 9.17) is 0 Å². The number of nitrogens with zero attached hydrogens (tertiary/aromatic N) is 1. The zero-order valence-electron chi connectivity index (χ0n) is 10.5. The molecule has 0 radical (unpaired) electrons. The van der Waals surface area contributed by atoms with E-state index in [-0.39, 0.29) is 16.9 Å². The van der Waals surface area contributed by atoms with Crippen LogP contribution in [0.2, 0.25) is 0 Å². The van der Waals surface area contributed by atoms with Gasteiger partial charge in [-0.1, -0.05) is 0 Å². The molecule has 0 aromatic heterocycles. The quantitative estimate of drug-likeness (QED) is 0.467. The first-order chi connectivity index (χ1) is 8.54. The highest BCUT2D eigenvalue weighted by Gasteiger charge is 2.25. The van der Waals surface area contributed by atoms with Crippen LogP contribution in [-0.2, 0) is 14.4 Å². The predicted octanol–water partition coefficient (Wildman–Crippen LogP) is 1.46. The van der Waals surface area contributed by atoms with Crippen LogP contribution in [0.15, 0.2) is 12.2 Å². The van der Waals surface area contributed by atoms with Crippen LogP contribution < -0.4 is 0 Å². The van der Waals surface area contributed by atoms with E-state index in [1.54, 1.807) is 11.9 Å². The molecule has 1 fully saturated rings. The molecular weight excluding hydrogens is 250 g/mol. The lowest BCUT2D eigenvalue weighted by Gasteiger charge is -2.29. The summed E-state index contributed by atoms with van der Waals surface area (Å²) in [5.74, 6) is 0.363. The molecule has 0 spiro atoms. The van der Waals surface area contributed by atoms with Crippen LogP contribution in [0.1, 0.15) is 25.7 Å². The summed E-state index contributed by atoms with van der Waals surface area (Å²) >= 11 is 3.87. The third kappa shape index (κ3) is 4.64. The smallest absolute Gasteiger partial charge is 0.246 e. The minimum absolute atomic E-state index is 0.0215. The van der Waals surface area contributed by atoms with Gasteiger partial charge >= 0.3 is 0 Å². The molecule has 0 bridgehead atoms. The largest absolute Gasteiger partial charge is 0.342 e. The van der Waals surface area contributed by atoms with E-state index in [9.17, 15) is 14.4 Å². The number of thiol groups is 1. The van der Waals surface area contributed by atoms with Crippen LogP contribution in [0.5, 0.6) is 0 Å². The number of rotatable bonds is 5. The summed E-state index contributed by atoms with van der Waals surface area (Å²) in [5.41, 5.74) is 0. The van der Waals surface area contributed by atoms with E-state index < -0.39 is 0 Å². The molecule has 100 valence electrons. The lowest BCUT2D eigenvalue weighted by Crippen LogP contribution is -2.33. The second-order valence-corrected chi connectivity index (χ2v) is 5.21. The Morgan fingerprint density at radius 2 is 1.89 bits per heavy atom. The van der Waals surface area contributed by atoms with Crippen LogP contribution in [0.4, 0.5) is 0 Å². The molecule has 1 rings (SSSR count). The Kier molecular flexibility index (Phi) is 6.12. The predicted molar refractivity (Wildman–Crippen MR) is 72.3 cm³/mol. The standard InChI is InChI=1S/C13H19NO3S/c1-14(12(16)3-2-8-15)9-10-4-6-11(7-5-10)13(17)18/h2-3,8,10-11H,4-7,9H2,1H3,(H,17,18)/b3-2-. The topological polar surface area (TPSA) is 54.5 Å². The Hall–Kier alpha value is -1.10. The summed E-state index contributed by atoms with van der Waals surface area (Å²) in [5, 5.41) is -0.0215. The Bertz CT molecular complexity index is 346. The summed E-state index contributed by atoms with van der Waals surface area (Å²) in [6.45, 7) is 0.676. The maximum atomic E-state index is 11.6. The number of allylic oxidation sites excluding steroid dienone is 1. The lowest BCUT2D eigenvalue weighted by atomic mass is 9.82. The zero-order valence-corrected chi connectivity index (χ0v) is 11.4. The molecule has 0 unspecified atom stereocenters. The molecule has 4 nitrogen and oxygen atoms in total. The molecule has 0 saturated heterocycles. The summed E-state index contributed by atoms with van der Waals surface area (Å²) in [6, 6.07) is 0. The molecule has 1 saturated carbocycles. The van der Waals surface area contributed by atoms with E-state index in [0.29, 0.717) is 18.7 Å². The number of amides is 1. The SMILES string of the molecule is CN(CC1CCC(C(=O)S)CC1)C(=O)/C=C\C=O. The molecular formula is C13H19NO3S. The number of carbonyl (C=O) groups is 3. The minimum Gasteiger partial charge on any atom is -0.342 e. The number of aldehydes is 1. The Morgan fingerprint density at radius 3 is 2.39 bits per heavy atom. The van der Waals surface area contributed by atoms with Crippen LogP contribution >= 0.6 is 12.6 Å². The van der Waals surface area contributed by atoms with Gasteiger partial charge in [0.2, 0.25) is 5.91 Å². The highest BCUT2D eigenvalue weighted by atomic mass is 32.1. The Labute approximate surface area is 113 Å². The minimum atomic E-state index is -0.158. The second kappa shape index (κ2) is 7.36. The molecule has 0 aromatic rings. The highest BCUT2D eigenvalue weighted by Crippen LogP contribution is 2.30. The van der Waals surface area contributed by atoms with Gasteiger partial charge in [-0.3, -0.25) is 14.4 Å². The van der Waals surface area contributed by atoms with Gasteiger partial charge in [0, 0.05) is 25.6 Å². The van der Waals surface area contributed by atoms with Crippen molar-refractivity contribution in [3.05, 3.63) is 12.2 Å². The van der Waals surface area contributed by atoms with Crippen molar-refractivity contribution < 1.29 is 14.4 Å². The van der Waals surface area contributed by atoms with Gasteiger partial charge in [0.05, 0.1) is 0 Å². The lowest BCUT2D eigenvalue weighted by molar-refractivity contribution is -0.126. The molecule has 0 N–H and O–H groups in total. The van der Waals surface area contributed by atoms with Crippen LogP contribution in [-0.4, -0.2) is 35.8 Å². The zero-order chi connectivity index (χ0) is 13.5. The van der Waals surface area contributed by atoms with E-state index in [0.717, 1.165) is 25.7 Å². The molecule has 1 amide bonds. The van der Waals surface area contributed by atoms with Crippen LogP contribution in [0.3, 0.4) is 0 Å². The van der Waals surface area contributed by atoms with Crippen molar-refractivity contribution in [3.8, 4) is 0 Å². The van der Waals surface area contributed by atoms with Gasteiger partial charge < -0.3 is 4.90 Å². The summed E-state index contributed by atoms with van der Waals surface area (Å²) < 4.78 is 0. The average molecular weight is 269 g/mol. The molecule has 0 aliphatic heterocycles. The Balaban J connectivity index is 2.36. The third-order valence-electron chi connectivity index (χ3n) is 3.42. The van der Waals surface area contributed by atoms with Gasteiger partial charge in [0.25, 0.3) is 0 Å². The van der Waals surface area contributed by atoms with Crippen molar-refractivity contribution in [2.75, 3.05) is 13.6 Å². The number of carbonyl (C=O) groups excluding carboxylic acids is 3. The maximum absolute atomic E-state index is 11.6. The molecule has 1 aliphatic carbocycles. The van der Waals surface area contributed by atoms with Crippen molar-refractivity contribution in [2.24, 2.45) is 11.8 Å². The summed E-state index contributed by atoms with van der Waals surface area (Å²) in [4.78, 5) is 34.4. The fourth-order valence-corrected chi connectivity index (χ4v) is 2.58. The molecule has 0 aromatic carbocycles. The second-order valence-electron chi connectivity index (χ2n) is 4.77. The fourth-order valence-electron chi connectivity index (χ4n) is 2.32. The van der Waals surface area contributed by atoms with Gasteiger partial charge in [0.1, 0.15) is 6.29 Å². The third-order valence-corrected chi connectivity index (χ3v) is 3.79. The first kappa shape index (κ1) is 15.0. The monoisotopic (exact) mass is 269 g/mol.